The summed E-state index contributed by atoms with van der Waals surface area (Å²) in [5, 5.41) is 12.5. The van der Waals surface area contributed by atoms with E-state index in [1.807, 2.05) is 13.0 Å². The first-order valence-corrected chi connectivity index (χ1v) is 4.29. The SMILES string of the molecule is Cc1cc(NC(=O)C2CNC2)n[nH]1. The van der Waals surface area contributed by atoms with Gasteiger partial charge in [0.1, 0.15) is 0 Å². The Morgan fingerprint density at radius 1 is 1.69 bits per heavy atom. The van der Waals surface area contributed by atoms with Crippen LogP contribution in [0.25, 0.3) is 0 Å². The second kappa shape index (κ2) is 3.18. The molecule has 2 rings (SSSR count). The second-order valence-electron chi connectivity index (χ2n) is 3.28. The van der Waals surface area contributed by atoms with Crippen molar-refractivity contribution in [2.24, 2.45) is 5.92 Å². The van der Waals surface area contributed by atoms with Gasteiger partial charge in [0.25, 0.3) is 0 Å². The quantitative estimate of drug-likeness (QED) is 0.594. The molecule has 0 spiro atoms. The summed E-state index contributed by atoms with van der Waals surface area (Å²) in [6.45, 7) is 3.44. The molecule has 1 fully saturated rings. The number of amides is 1. The Balaban J connectivity index is 1.93. The van der Waals surface area contributed by atoms with E-state index >= 15 is 0 Å². The number of hydrogen-bond donors (Lipinski definition) is 3. The molecule has 1 aromatic heterocycles. The molecule has 3 N–H and O–H groups in total. The highest BCUT2D eigenvalue weighted by Gasteiger charge is 2.25. The molecule has 5 nitrogen and oxygen atoms in total. The highest BCUT2D eigenvalue weighted by Crippen LogP contribution is 2.08. The van der Waals surface area contributed by atoms with Gasteiger partial charge < -0.3 is 10.6 Å². The molecule has 0 radical (unpaired) electrons. The molecule has 0 bridgehead atoms. The number of anilines is 1. The molecule has 70 valence electrons. The van der Waals surface area contributed by atoms with Gasteiger partial charge in [-0.15, -0.1) is 0 Å². The van der Waals surface area contributed by atoms with Gasteiger partial charge in [-0.25, -0.2) is 0 Å². The number of H-pyrrole nitrogens is 1. The van der Waals surface area contributed by atoms with Crippen molar-refractivity contribution in [3.63, 3.8) is 0 Å². The fourth-order valence-corrected chi connectivity index (χ4v) is 1.18. The summed E-state index contributed by atoms with van der Waals surface area (Å²) < 4.78 is 0. The van der Waals surface area contributed by atoms with Crippen molar-refractivity contribution >= 4 is 11.7 Å². The second-order valence-corrected chi connectivity index (χ2v) is 3.28. The first kappa shape index (κ1) is 8.25. The van der Waals surface area contributed by atoms with Crippen molar-refractivity contribution in [2.75, 3.05) is 18.4 Å². The van der Waals surface area contributed by atoms with Gasteiger partial charge in [-0.05, 0) is 6.92 Å². The lowest BCUT2D eigenvalue weighted by atomic mass is 10.0. The maximum atomic E-state index is 11.4. The van der Waals surface area contributed by atoms with Crippen molar-refractivity contribution in [2.45, 2.75) is 6.92 Å². The number of aromatic nitrogens is 2. The Labute approximate surface area is 75.9 Å². The van der Waals surface area contributed by atoms with Crippen LogP contribution in [0.1, 0.15) is 5.69 Å². The standard InChI is InChI=1S/C8H12N4O/c1-5-2-7(12-11-5)10-8(13)6-3-9-4-6/h2,6,9H,3-4H2,1H3,(H2,10,11,12,13). The third-order valence-corrected chi connectivity index (χ3v) is 2.11. The molecular weight excluding hydrogens is 168 g/mol. The van der Waals surface area contributed by atoms with Crippen LogP contribution in [0.4, 0.5) is 5.82 Å². The highest BCUT2D eigenvalue weighted by atomic mass is 16.2. The van der Waals surface area contributed by atoms with E-state index < -0.39 is 0 Å². The molecule has 2 heterocycles. The Morgan fingerprint density at radius 3 is 2.92 bits per heavy atom. The number of carbonyl (C=O) groups excluding carboxylic acids is 1. The number of hydrogen-bond acceptors (Lipinski definition) is 3. The van der Waals surface area contributed by atoms with E-state index in [0.717, 1.165) is 18.8 Å². The van der Waals surface area contributed by atoms with Crippen LogP contribution in [0.2, 0.25) is 0 Å². The minimum Gasteiger partial charge on any atom is -0.315 e. The van der Waals surface area contributed by atoms with E-state index in [4.69, 9.17) is 0 Å². The van der Waals surface area contributed by atoms with E-state index in [2.05, 4.69) is 20.8 Å². The Morgan fingerprint density at radius 2 is 2.46 bits per heavy atom. The van der Waals surface area contributed by atoms with Gasteiger partial charge in [-0.2, -0.15) is 5.10 Å². The topological polar surface area (TPSA) is 69.8 Å². The molecule has 0 aliphatic carbocycles. The van der Waals surface area contributed by atoms with Crippen molar-refractivity contribution in [1.29, 1.82) is 0 Å². The molecule has 1 aliphatic rings. The van der Waals surface area contributed by atoms with Crippen LogP contribution in [0, 0.1) is 12.8 Å². The fourth-order valence-electron chi connectivity index (χ4n) is 1.18. The average Bonchev–Trinajstić information content (AvgIpc) is 2.31. The molecule has 1 aromatic rings. The van der Waals surface area contributed by atoms with Gasteiger partial charge in [-0.1, -0.05) is 0 Å². The number of aryl methyl sites for hydroxylation is 1. The third-order valence-electron chi connectivity index (χ3n) is 2.11. The summed E-state index contributed by atoms with van der Waals surface area (Å²) in [5.41, 5.74) is 0.946. The molecular formula is C8H12N4O. The number of nitrogens with zero attached hydrogens (tertiary/aromatic N) is 1. The number of rotatable bonds is 2. The summed E-state index contributed by atoms with van der Waals surface area (Å²) in [7, 11) is 0. The number of carbonyl (C=O) groups is 1. The molecule has 1 amide bonds. The predicted octanol–water partition coefficient (Wildman–Crippen LogP) is -0.124. The smallest absolute Gasteiger partial charge is 0.231 e. The lowest BCUT2D eigenvalue weighted by Crippen LogP contribution is -2.48. The minimum absolute atomic E-state index is 0.0465. The van der Waals surface area contributed by atoms with Crippen LogP contribution in [0.3, 0.4) is 0 Å². The molecule has 0 saturated carbocycles. The first-order valence-electron chi connectivity index (χ1n) is 4.29. The third kappa shape index (κ3) is 1.70. The van der Waals surface area contributed by atoms with Crippen LogP contribution in [0.15, 0.2) is 6.07 Å². The monoisotopic (exact) mass is 180 g/mol. The molecule has 1 saturated heterocycles. The number of aromatic amines is 1. The Bertz CT molecular complexity index is 316. The van der Waals surface area contributed by atoms with E-state index in [9.17, 15) is 4.79 Å². The van der Waals surface area contributed by atoms with E-state index in [0.29, 0.717) is 5.82 Å². The van der Waals surface area contributed by atoms with Crippen LogP contribution in [0.5, 0.6) is 0 Å². The normalized spacial score (nSPS) is 16.7. The van der Waals surface area contributed by atoms with Crippen LogP contribution in [-0.4, -0.2) is 29.2 Å². The maximum Gasteiger partial charge on any atom is 0.231 e. The zero-order valence-electron chi connectivity index (χ0n) is 7.42. The van der Waals surface area contributed by atoms with E-state index in [1.165, 1.54) is 0 Å². The molecule has 5 heteroatoms. The predicted molar refractivity (Wildman–Crippen MR) is 48.3 cm³/mol. The largest absolute Gasteiger partial charge is 0.315 e. The summed E-state index contributed by atoms with van der Waals surface area (Å²) in [4.78, 5) is 11.4. The first-order chi connectivity index (χ1) is 6.25. The van der Waals surface area contributed by atoms with Crippen molar-refractivity contribution < 1.29 is 4.79 Å². The summed E-state index contributed by atoms with van der Waals surface area (Å²) in [5.74, 6) is 0.761. The molecule has 0 aromatic carbocycles. The summed E-state index contributed by atoms with van der Waals surface area (Å²) >= 11 is 0. The van der Waals surface area contributed by atoms with E-state index in [-0.39, 0.29) is 11.8 Å². The fraction of sp³-hybridized carbons (Fsp3) is 0.500. The molecule has 1 aliphatic heterocycles. The van der Waals surface area contributed by atoms with Crippen molar-refractivity contribution in [1.82, 2.24) is 15.5 Å². The van der Waals surface area contributed by atoms with Gasteiger partial charge in [0.15, 0.2) is 5.82 Å². The lowest BCUT2D eigenvalue weighted by Gasteiger charge is -2.25. The average molecular weight is 180 g/mol. The van der Waals surface area contributed by atoms with Gasteiger partial charge in [0.05, 0.1) is 5.92 Å². The van der Waals surface area contributed by atoms with Crippen molar-refractivity contribution in [3.05, 3.63) is 11.8 Å². The summed E-state index contributed by atoms with van der Waals surface area (Å²) in [6.07, 6.45) is 0. The molecule has 0 atom stereocenters. The van der Waals surface area contributed by atoms with E-state index in [1.54, 1.807) is 0 Å². The zero-order chi connectivity index (χ0) is 9.26. The number of nitrogens with one attached hydrogen (secondary N) is 3. The molecule has 13 heavy (non-hydrogen) atoms. The van der Waals surface area contributed by atoms with Gasteiger partial charge >= 0.3 is 0 Å². The Hall–Kier alpha value is -1.36. The van der Waals surface area contributed by atoms with Crippen LogP contribution in [-0.2, 0) is 4.79 Å². The van der Waals surface area contributed by atoms with Gasteiger partial charge in [0.2, 0.25) is 5.91 Å². The summed E-state index contributed by atoms with van der Waals surface area (Å²) in [6, 6.07) is 1.81. The van der Waals surface area contributed by atoms with Crippen LogP contribution < -0.4 is 10.6 Å². The minimum atomic E-state index is 0.0465. The lowest BCUT2D eigenvalue weighted by molar-refractivity contribution is -0.121. The van der Waals surface area contributed by atoms with Gasteiger partial charge in [0, 0.05) is 24.8 Å². The van der Waals surface area contributed by atoms with Gasteiger partial charge in [-0.3, -0.25) is 9.89 Å². The maximum absolute atomic E-state index is 11.4. The zero-order valence-corrected chi connectivity index (χ0v) is 7.42. The Kier molecular flexibility index (Phi) is 2.02. The highest BCUT2D eigenvalue weighted by molar-refractivity contribution is 5.92. The van der Waals surface area contributed by atoms with Crippen molar-refractivity contribution in [3.8, 4) is 0 Å². The molecule has 0 unspecified atom stereocenters. The van der Waals surface area contributed by atoms with Crippen LogP contribution >= 0.6 is 0 Å².